The van der Waals surface area contributed by atoms with Gasteiger partial charge in [-0.05, 0) is 68.5 Å². The number of allylic oxidation sites excluding steroid dienone is 2. The SMILES string of the molecule is CC1=CC(=Nc2cccc(-c3nc4cc(Nc5ccnc(C)c5)ccc4o3)c2)CCN1. The van der Waals surface area contributed by atoms with Crippen molar-refractivity contribution in [2.75, 3.05) is 11.9 Å². The number of anilines is 2. The third kappa shape index (κ3) is 4.33. The number of rotatable bonds is 4. The fourth-order valence-corrected chi connectivity index (χ4v) is 3.64. The van der Waals surface area contributed by atoms with Gasteiger partial charge in [-0.1, -0.05) is 6.07 Å². The second kappa shape index (κ2) is 8.07. The van der Waals surface area contributed by atoms with Crippen LogP contribution in [0.1, 0.15) is 19.0 Å². The van der Waals surface area contributed by atoms with E-state index < -0.39 is 0 Å². The fraction of sp³-hybridized carbons (Fsp3) is 0.160. The maximum absolute atomic E-state index is 6.02. The number of fused-ring (bicyclic) bond motifs is 1. The molecule has 0 spiro atoms. The van der Waals surface area contributed by atoms with Crippen molar-refractivity contribution in [1.82, 2.24) is 15.3 Å². The molecule has 0 unspecified atom stereocenters. The van der Waals surface area contributed by atoms with Crippen LogP contribution in [0.3, 0.4) is 0 Å². The number of aromatic nitrogens is 2. The third-order valence-electron chi connectivity index (χ3n) is 5.11. The van der Waals surface area contributed by atoms with Crippen molar-refractivity contribution in [3.63, 3.8) is 0 Å². The van der Waals surface area contributed by atoms with Crippen LogP contribution in [0.2, 0.25) is 0 Å². The van der Waals surface area contributed by atoms with Crippen LogP contribution in [0.5, 0.6) is 0 Å². The van der Waals surface area contributed by atoms with Gasteiger partial charge in [0, 0.05) is 53.2 Å². The molecule has 0 aliphatic carbocycles. The molecule has 0 amide bonds. The van der Waals surface area contributed by atoms with Crippen molar-refractivity contribution in [3.05, 3.63) is 78.3 Å². The normalized spacial score (nSPS) is 15.0. The second-order valence-electron chi connectivity index (χ2n) is 7.67. The number of pyridine rings is 1. The van der Waals surface area contributed by atoms with Gasteiger partial charge in [0.25, 0.3) is 0 Å². The maximum Gasteiger partial charge on any atom is 0.227 e. The van der Waals surface area contributed by atoms with Crippen LogP contribution in [0.25, 0.3) is 22.6 Å². The molecule has 2 aromatic heterocycles. The predicted octanol–water partition coefficient (Wildman–Crippen LogP) is 5.91. The molecule has 4 aromatic rings. The standard InChI is InChI=1S/C25H23N5O/c1-16-12-21(8-10-26-16)28-19-5-3-4-18(14-19)25-30-23-15-20(6-7-24(23)31-25)29-22-9-11-27-17(2)13-22/h3-7,9,11-15,26H,8,10H2,1-2H3,(H,27,29). The third-order valence-corrected chi connectivity index (χ3v) is 5.11. The van der Waals surface area contributed by atoms with Crippen molar-refractivity contribution in [2.24, 2.45) is 4.99 Å². The molecule has 6 nitrogen and oxygen atoms in total. The molecule has 31 heavy (non-hydrogen) atoms. The van der Waals surface area contributed by atoms with Crippen LogP contribution in [0.4, 0.5) is 17.1 Å². The Kier molecular flexibility index (Phi) is 4.96. The molecule has 0 fully saturated rings. The molecule has 3 heterocycles. The van der Waals surface area contributed by atoms with Crippen molar-refractivity contribution in [3.8, 4) is 11.5 Å². The first kappa shape index (κ1) is 19.1. The zero-order valence-corrected chi connectivity index (χ0v) is 17.5. The van der Waals surface area contributed by atoms with Gasteiger partial charge in [0.15, 0.2) is 5.58 Å². The number of benzene rings is 2. The molecular formula is C25H23N5O. The molecular weight excluding hydrogens is 386 g/mol. The summed E-state index contributed by atoms with van der Waals surface area (Å²) in [5, 5.41) is 6.71. The van der Waals surface area contributed by atoms with E-state index in [9.17, 15) is 0 Å². The molecule has 0 saturated heterocycles. The van der Waals surface area contributed by atoms with Gasteiger partial charge in [0.05, 0.1) is 5.69 Å². The first-order chi connectivity index (χ1) is 15.1. The summed E-state index contributed by atoms with van der Waals surface area (Å²) in [6.07, 6.45) is 4.80. The minimum Gasteiger partial charge on any atom is -0.436 e. The number of aryl methyl sites for hydroxylation is 1. The van der Waals surface area contributed by atoms with E-state index in [2.05, 4.69) is 28.6 Å². The van der Waals surface area contributed by atoms with E-state index in [0.717, 1.165) is 63.8 Å². The van der Waals surface area contributed by atoms with E-state index >= 15 is 0 Å². The highest BCUT2D eigenvalue weighted by Gasteiger charge is 2.11. The highest BCUT2D eigenvalue weighted by molar-refractivity contribution is 5.98. The fourth-order valence-electron chi connectivity index (χ4n) is 3.64. The van der Waals surface area contributed by atoms with Gasteiger partial charge in [-0.2, -0.15) is 0 Å². The van der Waals surface area contributed by atoms with Gasteiger partial charge in [-0.3, -0.25) is 9.98 Å². The Bertz CT molecular complexity index is 1320. The number of nitrogens with zero attached hydrogens (tertiary/aromatic N) is 3. The average molecular weight is 409 g/mol. The Labute approximate surface area is 180 Å². The Balaban J connectivity index is 1.43. The smallest absolute Gasteiger partial charge is 0.227 e. The molecule has 6 heteroatoms. The highest BCUT2D eigenvalue weighted by Crippen LogP contribution is 2.29. The van der Waals surface area contributed by atoms with Crippen molar-refractivity contribution in [2.45, 2.75) is 20.3 Å². The molecule has 0 atom stereocenters. The van der Waals surface area contributed by atoms with E-state index in [1.165, 1.54) is 0 Å². The highest BCUT2D eigenvalue weighted by atomic mass is 16.3. The molecule has 5 rings (SSSR count). The summed E-state index contributed by atoms with van der Waals surface area (Å²) < 4.78 is 6.02. The van der Waals surface area contributed by atoms with E-state index in [-0.39, 0.29) is 0 Å². The van der Waals surface area contributed by atoms with Crippen LogP contribution < -0.4 is 10.6 Å². The van der Waals surface area contributed by atoms with Crippen LogP contribution >= 0.6 is 0 Å². The summed E-state index contributed by atoms with van der Waals surface area (Å²) in [6, 6.07) is 17.9. The molecule has 1 aliphatic rings. The predicted molar refractivity (Wildman–Crippen MR) is 125 cm³/mol. The largest absolute Gasteiger partial charge is 0.436 e. The minimum atomic E-state index is 0.589. The average Bonchev–Trinajstić information content (AvgIpc) is 3.18. The topological polar surface area (TPSA) is 75.3 Å². The molecule has 1 aliphatic heterocycles. The van der Waals surface area contributed by atoms with E-state index in [0.29, 0.717) is 5.89 Å². The molecule has 2 aromatic carbocycles. The van der Waals surface area contributed by atoms with Gasteiger partial charge >= 0.3 is 0 Å². The van der Waals surface area contributed by atoms with Crippen LogP contribution in [0, 0.1) is 6.92 Å². The summed E-state index contributed by atoms with van der Waals surface area (Å²) in [5.41, 5.74) is 8.49. The summed E-state index contributed by atoms with van der Waals surface area (Å²) in [7, 11) is 0. The Hall–Kier alpha value is -3.93. The first-order valence-electron chi connectivity index (χ1n) is 10.3. The number of nitrogens with one attached hydrogen (secondary N) is 2. The van der Waals surface area contributed by atoms with E-state index in [1.54, 1.807) is 6.20 Å². The lowest BCUT2D eigenvalue weighted by Crippen LogP contribution is -2.21. The zero-order chi connectivity index (χ0) is 21.2. The lowest BCUT2D eigenvalue weighted by Gasteiger charge is -2.13. The zero-order valence-electron chi connectivity index (χ0n) is 17.5. The molecule has 2 N–H and O–H groups in total. The summed E-state index contributed by atoms with van der Waals surface area (Å²) in [4.78, 5) is 13.7. The van der Waals surface area contributed by atoms with Crippen LogP contribution in [-0.2, 0) is 0 Å². The van der Waals surface area contributed by atoms with Crippen LogP contribution in [0.15, 0.2) is 82.0 Å². The summed E-state index contributed by atoms with van der Waals surface area (Å²) >= 11 is 0. The number of hydrogen-bond donors (Lipinski definition) is 2. The summed E-state index contributed by atoms with van der Waals surface area (Å²) in [6.45, 7) is 4.95. The molecule has 0 bridgehead atoms. The summed E-state index contributed by atoms with van der Waals surface area (Å²) in [5.74, 6) is 0.589. The number of hydrogen-bond acceptors (Lipinski definition) is 6. The van der Waals surface area contributed by atoms with Gasteiger partial charge in [0.2, 0.25) is 5.89 Å². The number of oxazole rings is 1. The van der Waals surface area contributed by atoms with Gasteiger partial charge in [-0.15, -0.1) is 0 Å². The second-order valence-corrected chi connectivity index (χ2v) is 7.67. The molecule has 154 valence electrons. The Morgan fingerprint density at radius 1 is 1.03 bits per heavy atom. The van der Waals surface area contributed by atoms with Crippen molar-refractivity contribution < 1.29 is 4.42 Å². The van der Waals surface area contributed by atoms with E-state index in [1.807, 2.05) is 61.5 Å². The van der Waals surface area contributed by atoms with Gasteiger partial charge in [0.1, 0.15) is 5.52 Å². The quantitative estimate of drug-likeness (QED) is 0.438. The van der Waals surface area contributed by atoms with Gasteiger partial charge < -0.3 is 15.1 Å². The lowest BCUT2D eigenvalue weighted by molar-refractivity contribution is 0.620. The maximum atomic E-state index is 6.02. The Morgan fingerprint density at radius 2 is 1.94 bits per heavy atom. The Morgan fingerprint density at radius 3 is 2.81 bits per heavy atom. The monoisotopic (exact) mass is 409 g/mol. The molecule has 0 saturated carbocycles. The van der Waals surface area contributed by atoms with Crippen LogP contribution in [-0.4, -0.2) is 22.2 Å². The van der Waals surface area contributed by atoms with E-state index in [4.69, 9.17) is 14.4 Å². The first-order valence-corrected chi connectivity index (χ1v) is 10.3. The number of aliphatic imine (C=N–C) groups is 1. The molecule has 0 radical (unpaired) electrons. The minimum absolute atomic E-state index is 0.589. The van der Waals surface area contributed by atoms with Crippen molar-refractivity contribution in [1.29, 1.82) is 0 Å². The van der Waals surface area contributed by atoms with Crippen molar-refractivity contribution >= 4 is 33.9 Å². The van der Waals surface area contributed by atoms with Gasteiger partial charge in [-0.25, -0.2) is 4.98 Å². The lowest BCUT2D eigenvalue weighted by atomic mass is 10.1.